The number of amides is 1. The fraction of sp³-hybridized carbons (Fsp3) is 0.474. The van der Waals surface area contributed by atoms with Gasteiger partial charge in [-0.2, -0.15) is 0 Å². The molecule has 1 aliphatic rings. The fourth-order valence-corrected chi connectivity index (χ4v) is 3.60. The quantitative estimate of drug-likeness (QED) is 0.670. The molecule has 0 saturated carbocycles. The van der Waals surface area contributed by atoms with Crippen LogP contribution in [0.5, 0.6) is 5.75 Å². The number of fused-ring (bicyclic) bond motifs is 1. The third kappa shape index (κ3) is 4.23. The molecule has 1 aromatic heterocycles. The number of aromatic amines is 1. The Labute approximate surface area is 158 Å². The normalized spacial score (nSPS) is 17.0. The number of hydrogen-bond donors (Lipinski definition) is 3. The lowest BCUT2D eigenvalue weighted by Gasteiger charge is -2.37. The third-order valence-corrected chi connectivity index (χ3v) is 4.96. The summed E-state index contributed by atoms with van der Waals surface area (Å²) < 4.78 is 5.28. The molecule has 0 radical (unpaired) electrons. The van der Waals surface area contributed by atoms with Gasteiger partial charge < -0.3 is 20.1 Å². The van der Waals surface area contributed by atoms with E-state index in [1.165, 1.54) is 0 Å². The molecular weight excluding hydrogens is 348 g/mol. The van der Waals surface area contributed by atoms with Gasteiger partial charge in [-0.1, -0.05) is 0 Å². The maximum absolute atomic E-state index is 12.1. The standard InChI is InChI=1S/C19H26N4O4/c1-3-20-17(24)12-22-6-8-23(9-7-22)18(19(25)26)15-11-21-16-5-4-13(27-2)10-14(15)16/h4-5,10-11,18,21H,3,6-9,12H2,1-2H3,(H,20,24)(H,25,26)/t18-/m0/s1. The van der Waals surface area contributed by atoms with Crippen molar-refractivity contribution in [3.63, 3.8) is 0 Å². The van der Waals surface area contributed by atoms with Gasteiger partial charge in [0.2, 0.25) is 5.91 Å². The van der Waals surface area contributed by atoms with Crippen molar-refractivity contribution in [1.82, 2.24) is 20.1 Å². The van der Waals surface area contributed by atoms with E-state index in [0.29, 0.717) is 45.0 Å². The average molecular weight is 374 g/mol. The highest BCUT2D eigenvalue weighted by atomic mass is 16.5. The number of benzene rings is 1. The predicted molar refractivity (Wildman–Crippen MR) is 102 cm³/mol. The summed E-state index contributed by atoms with van der Waals surface area (Å²) >= 11 is 0. The number of aliphatic carboxylic acids is 1. The molecule has 27 heavy (non-hydrogen) atoms. The van der Waals surface area contributed by atoms with Gasteiger partial charge in [0.25, 0.3) is 0 Å². The zero-order chi connectivity index (χ0) is 19.4. The van der Waals surface area contributed by atoms with Crippen molar-refractivity contribution >= 4 is 22.8 Å². The fourth-order valence-electron chi connectivity index (χ4n) is 3.60. The molecule has 8 heteroatoms. The Morgan fingerprint density at radius 1 is 1.30 bits per heavy atom. The van der Waals surface area contributed by atoms with Crippen molar-refractivity contribution in [3.05, 3.63) is 30.0 Å². The van der Waals surface area contributed by atoms with Crippen LogP contribution in [0.15, 0.2) is 24.4 Å². The van der Waals surface area contributed by atoms with Crippen LogP contribution in [0.1, 0.15) is 18.5 Å². The second-order valence-corrected chi connectivity index (χ2v) is 6.66. The molecule has 1 saturated heterocycles. The number of rotatable bonds is 7. The monoisotopic (exact) mass is 374 g/mol. The van der Waals surface area contributed by atoms with Crippen LogP contribution in [-0.4, -0.2) is 78.1 Å². The smallest absolute Gasteiger partial charge is 0.325 e. The van der Waals surface area contributed by atoms with Gasteiger partial charge in [0.15, 0.2) is 0 Å². The van der Waals surface area contributed by atoms with Crippen LogP contribution in [0.25, 0.3) is 10.9 Å². The van der Waals surface area contributed by atoms with Crippen LogP contribution in [0, 0.1) is 0 Å². The van der Waals surface area contributed by atoms with E-state index in [1.54, 1.807) is 13.3 Å². The first-order valence-electron chi connectivity index (χ1n) is 9.14. The van der Waals surface area contributed by atoms with Crippen LogP contribution in [-0.2, 0) is 9.59 Å². The minimum absolute atomic E-state index is 0.00413. The zero-order valence-electron chi connectivity index (χ0n) is 15.7. The SMILES string of the molecule is CCNC(=O)CN1CCN([C@H](C(=O)O)c2c[nH]c3ccc(OC)cc23)CC1. The molecular formula is C19H26N4O4. The van der Waals surface area contributed by atoms with Crippen molar-refractivity contribution in [1.29, 1.82) is 0 Å². The number of carbonyl (C=O) groups excluding carboxylic acids is 1. The number of carbonyl (C=O) groups is 2. The Morgan fingerprint density at radius 2 is 2.04 bits per heavy atom. The molecule has 1 aliphatic heterocycles. The number of aromatic nitrogens is 1. The van der Waals surface area contributed by atoms with Crippen molar-refractivity contribution in [3.8, 4) is 5.75 Å². The first kappa shape index (κ1) is 19.2. The molecule has 0 aliphatic carbocycles. The number of H-pyrrole nitrogens is 1. The Balaban J connectivity index is 1.76. The molecule has 146 valence electrons. The topological polar surface area (TPSA) is 97.9 Å². The second-order valence-electron chi connectivity index (χ2n) is 6.66. The van der Waals surface area contributed by atoms with Crippen molar-refractivity contribution < 1.29 is 19.4 Å². The molecule has 1 aromatic carbocycles. The summed E-state index contributed by atoms with van der Waals surface area (Å²) in [6.07, 6.45) is 1.77. The van der Waals surface area contributed by atoms with Crippen molar-refractivity contribution in [2.75, 3.05) is 46.4 Å². The van der Waals surface area contributed by atoms with Crippen LogP contribution >= 0.6 is 0 Å². The molecule has 1 amide bonds. The molecule has 0 bridgehead atoms. The summed E-state index contributed by atoms with van der Waals surface area (Å²) in [5.74, 6) is -0.181. The minimum Gasteiger partial charge on any atom is -0.497 e. The van der Waals surface area contributed by atoms with Gasteiger partial charge in [0, 0.05) is 55.4 Å². The first-order valence-corrected chi connectivity index (χ1v) is 9.14. The highest BCUT2D eigenvalue weighted by molar-refractivity contribution is 5.90. The van der Waals surface area contributed by atoms with Crippen LogP contribution in [0.2, 0.25) is 0 Å². The Morgan fingerprint density at radius 3 is 2.67 bits per heavy atom. The van der Waals surface area contributed by atoms with Gasteiger partial charge in [-0.15, -0.1) is 0 Å². The van der Waals surface area contributed by atoms with Gasteiger partial charge >= 0.3 is 5.97 Å². The molecule has 3 N–H and O–H groups in total. The lowest BCUT2D eigenvalue weighted by Crippen LogP contribution is -2.51. The Kier molecular flexibility index (Phi) is 5.98. The maximum atomic E-state index is 12.1. The molecule has 1 atom stereocenters. The second kappa shape index (κ2) is 8.41. The van der Waals surface area contributed by atoms with Crippen LogP contribution in [0.4, 0.5) is 0 Å². The summed E-state index contributed by atoms with van der Waals surface area (Å²) in [5, 5.41) is 13.5. The maximum Gasteiger partial charge on any atom is 0.325 e. The minimum atomic E-state index is -0.879. The van der Waals surface area contributed by atoms with Crippen LogP contribution < -0.4 is 10.1 Å². The summed E-state index contributed by atoms with van der Waals surface area (Å²) in [7, 11) is 1.59. The zero-order valence-corrected chi connectivity index (χ0v) is 15.7. The highest BCUT2D eigenvalue weighted by Gasteiger charge is 2.32. The van der Waals surface area contributed by atoms with E-state index < -0.39 is 12.0 Å². The molecule has 0 spiro atoms. The summed E-state index contributed by atoms with van der Waals surface area (Å²) in [4.78, 5) is 31.0. The van der Waals surface area contributed by atoms with Crippen molar-refractivity contribution in [2.45, 2.75) is 13.0 Å². The highest BCUT2D eigenvalue weighted by Crippen LogP contribution is 2.31. The molecule has 3 rings (SSSR count). The van der Waals surface area contributed by atoms with Gasteiger partial charge in [-0.25, -0.2) is 0 Å². The Hall–Kier alpha value is -2.58. The molecule has 1 fully saturated rings. The number of piperazine rings is 1. The lowest BCUT2D eigenvalue weighted by atomic mass is 10.0. The Bertz CT molecular complexity index is 811. The van der Waals surface area contributed by atoms with E-state index in [4.69, 9.17) is 4.74 Å². The van der Waals surface area contributed by atoms with E-state index in [1.807, 2.05) is 30.0 Å². The van der Waals surface area contributed by atoms with Gasteiger partial charge in [0.1, 0.15) is 11.8 Å². The van der Waals surface area contributed by atoms with Crippen LogP contribution in [0.3, 0.4) is 0 Å². The summed E-state index contributed by atoms with van der Waals surface area (Å²) in [6.45, 7) is 5.36. The van der Waals surface area contributed by atoms with Gasteiger partial charge in [0.05, 0.1) is 13.7 Å². The van der Waals surface area contributed by atoms with E-state index >= 15 is 0 Å². The summed E-state index contributed by atoms with van der Waals surface area (Å²) in [6, 6.07) is 4.86. The number of nitrogens with one attached hydrogen (secondary N) is 2. The van der Waals surface area contributed by atoms with Crippen molar-refractivity contribution in [2.24, 2.45) is 0 Å². The predicted octanol–water partition coefficient (Wildman–Crippen LogP) is 1.06. The van der Waals surface area contributed by atoms with E-state index in [-0.39, 0.29) is 5.91 Å². The number of nitrogens with zero attached hydrogens (tertiary/aromatic N) is 2. The number of methoxy groups -OCH3 is 1. The largest absolute Gasteiger partial charge is 0.497 e. The molecule has 0 unspecified atom stereocenters. The third-order valence-electron chi connectivity index (χ3n) is 4.96. The number of hydrogen-bond acceptors (Lipinski definition) is 5. The summed E-state index contributed by atoms with van der Waals surface area (Å²) in [5.41, 5.74) is 1.61. The lowest BCUT2D eigenvalue weighted by molar-refractivity contribution is -0.144. The van der Waals surface area contributed by atoms with E-state index in [0.717, 1.165) is 16.5 Å². The van der Waals surface area contributed by atoms with Gasteiger partial charge in [-0.3, -0.25) is 19.4 Å². The molecule has 2 heterocycles. The average Bonchev–Trinajstić information content (AvgIpc) is 3.06. The van der Waals surface area contributed by atoms with E-state index in [2.05, 4.69) is 15.2 Å². The number of carboxylic acid groups (broad SMARTS) is 1. The number of ether oxygens (including phenoxy) is 1. The van der Waals surface area contributed by atoms with Gasteiger partial charge in [-0.05, 0) is 25.1 Å². The van der Waals surface area contributed by atoms with E-state index in [9.17, 15) is 14.7 Å². The first-order chi connectivity index (χ1) is 13.0. The molecule has 2 aromatic rings. The molecule has 8 nitrogen and oxygen atoms in total. The number of carboxylic acids is 1. The number of likely N-dealkylation sites (N-methyl/N-ethyl adjacent to an activating group) is 1.